The first-order chi connectivity index (χ1) is 15.5. The van der Waals surface area contributed by atoms with Crippen molar-refractivity contribution in [3.63, 3.8) is 0 Å². The lowest BCUT2D eigenvalue weighted by Gasteiger charge is -2.11. The highest BCUT2D eigenvalue weighted by molar-refractivity contribution is 7.91. The van der Waals surface area contributed by atoms with Gasteiger partial charge in [0.1, 0.15) is 11.4 Å². The Balaban J connectivity index is 2.01. The number of imidazole rings is 1. The molecule has 4 rings (SSSR count). The number of sulfone groups is 1. The van der Waals surface area contributed by atoms with Crippen molar-refractivity contribution < 1.29 is 25.8 Å². The van der Waals surface area contributed by atoms with Crippen LogP contribution in [0.3, 0.4) is 0 Å². The minimum atomic E-state index is -4.64. The van der Waals surface area contributed by atoms with Gasteiger partial charge in [-0.15, -0.1) is 0 Å². The van der Waals surface area contributed by atoms with E-state index in [2.05, 4.69) is 15.0 Å². The van der Waals surface area contributed by atoms with Crippen LogP contribution in [0.2, 0.25) is 0 Å². The monoisotopic (exact) mass is 496 g/mol. The molecule has 3 aromatic heterocycles. The van der Waals surface area contributed by atoms with E-state index in [0.29, 0.717) is 27.1 Å². The standard InChI is InChI=1S/C21H19F3N4O3S2/c1-4-32(29)13-6-7-14-12(8-13)9-17(33(30,31)5-2)19(26-14)20-27-15-10-18(21(22,23)24)25-11-16(15)28(20)3/h6-11H,4-5H2,1-3H3. The van der Waals surface area contributed by atoms with Crippen molar-refractivity contribution in [2.75, 3.05) is 11.5 Å². The molecule has 12 heteroatoms. The van der Waals surface area contributed by atoms with Gasteiger partial charge in [0.15, 0.2) is 15.7 Å². The first-order valence-corrected chi connectivity index (χ1v) is 12.9. The summed E-state index contributed by atoms with van der Waals surface area (Å²) < 4.78 is 78.8. The number of aromatic nitrogens is 4. The fourth-order valence-corrected chi connectivity index (χ4v) is 5.31. The Morgan fingerprint density at radius 2 is 1.79 bits per heavy atom. The van der Waals surface area contributed by atoms with E-state index in [1.807, 2.05) is 0 Å². The van der Waals surface area contributed by atoms with Crippen LogP contribution in [0.15, 0.2) is 46.3 Å². The molecule has 0 fully saturated rings. The minimum Gasteiger partial charge on any atom is -0.324 e. The normalized spacial score (nSPS) is 13.6. The van der Waals surface area contributed by atoms with Gasteiger partial charge in [0.05, 0.1) is 44.2 Å². The van der Waals surface area contributed by atoms with Gasteiger partial charge in [0.25, 0.3) is 0 Å². The van der Waals surface area contributed by atoms with Gasteiger partial charge in [0, 0.05) is 23.1 Å². The molecular weight excluding hydrogens is 477 g/mol. The first kappa shape index (κ1) is 23.3. The van der Waals surface area contributed by atoms with Gasteiger partial charge >= 0.3 is 6.18 Å². The number of benzene rings is 1. The molecule has 1 aromatic carbocycles. The Morgan fingerprint density at radius 1 is 1.06 bits per heavy atom. The molecule has 7 nitrogen and oxygen atoms in total. The smallest absolute Gasteiger partial charge is 0.324 e. The third-order valence-electron chi connectivity index (χ3n) is 5.26. The zero-order chi connectivity index (χ0) is 24.1. The van der Waals surface area contributed by atoms with Crippen LogP contribution in [0.1, 0.15) is 19.5 Å². The molecule has 1 unspecified atom stereocenters. The number of aryl methyl sites for hydroxylation is 1. The summed E-state index contributed by atoms with van der Waals surface area (Å²) in [6, 6.07) is 7.19. The predicted molar refractivity (Wildman–Crippen MR) is 119 cm³/mol. The molecule has 0 aliphatic carbocycles. The summed E-state index contributed by atoms with van der Waals surface area (Å²) in [5.41, 5.74) is -0.304. The lowest BCUT2D eigenvalue weighted by Crippen LogP contribution is -2.09. The zero-order valence-corrected chi connectivity index (χ0v) is 19.5. The van der Waals surface area contributed by atoms with E-state index in [4.69, 9.17) is 0 Å². The molecule has 0 bridgehead atoms. The van der Waals surface area contributed by atoms with Crippen molar-refractivity contribution in [1.29, 1.82) is 0 Å². The largest absolute Gasteiger partial charge is 0.433 e. The summed E-state index contributed by atoms with van der Waals surface area (Å²) >= 11 is 0. The molecule has 0 amide bonds. The van der Waals surface area contributed by atoms with E-state index >= 15 is 0 Å². The molecule has 0 radical (unpaired) electrons. The van der Waals surface area contributed by atoms with Crippen LogP contribution in [0, 0.1) is 0 Å². The molecule has 33 heavy (non-hydrogen) atoms. The maximum atomic E-state index is 13.1. The molecular formula is C21H19F3N4O3S2. The van der Waals surface area contributed by atoms with Gasteiger partial charge in [0.2, 0.25) is 0 Å². The van der Waals surface area contributed by atoms with Crippen molar-refractivity contribution in [3.05, 3.63) is 42.2 Å². The van der Waals surface area contributed by atoms with Crippen molar-refractivity contribution in [3.8, 4) is 11.5 Å². The molecule has 0 spiro atoms. The number of fused-ring (bicyclic) bond motifs is 2. The van der Waals surface area contributed by atoms with Crippen LogP contribution in [-0.2, 0) is 33.9 Å². The zero-order valence-electron chi connectivity index (χ0n) is 17.8. The van der Waals surface area contributed by atoms with Gasteiger partial charge < -0.3 is 4.57 Å². The number of alkyl halides is 3. The quantitative estimate of drug-likeness (QED) is 0.413. The second-order valence-corrected chi connectivity index (χ2v) is 11.3. The molecule has 4 aromatic rings. The average molecular weight is 497 g/mol. The second kappa shape index (κ2) is 8.17. The summed E-state index contributed by atoms with van der Waals surface area (Å²) in [6.07, 6.45) is -3.59. The van der Waals surface area contributed by atoms with E-state index in [1.54, 1.807) is 32.2 Å². The Morgan fingerprint density at radius 3 is 2.42 bits per heavy atom. The second-order valence-electron chi connectivity index (χ2n) is 7.28. The van der Waals surface area contributed by atoms with E-state index in [0.717, 1.165) is 12.3 Å². The maximum absolute atomic E-state index is 13.1. The van der Waals surface area contributed by atoms with Crippen LogP contribution in [0.25, 0.3) is 33.5 Å². The maximum Gasteiger partial charge on any atom is 0.433 e. The van der Waals surface area contributed by atoms with E-state index < -0.39 is 32.5 Å². The Hall–Kier alpha value is -2.86. The molecule has 174 valence electrons. The Kier molecular flexibility index (Phi) is 5.77. The third-order valence-corrected chi connectivity index (χ3v) is 8.31. The highest BCUT2D eigenvalue weighted by atomic mass is 32.2. The van der Waals surface area contributed by atoms with Gasteiger partial charge in [-0.1, -0.05) is 13.8 Å². The van der Waals surface area contributed by atoms with Crippen LogP contribution in [0.4, 0.5) is 13.2 Å². The number of pyridine rings is 2. The number of halogens is 3. The molecule has 0 aliphatic heterocycles. The third kappa shape index (κ3) is 4.12. The summed E-state index contributed by atoms with van der Waals surface area (Å²) in [7, 11) is -3.46. The Bertz CT molecular complexity index is 1530. The predicted octanol–water partition coefficient (Wildman–Crippen LogP) is 4.12. The van der Waals surface area contributed by atoms with Crippen molar-refractivity contribution >= 4 is 42.6 Å². The minimum absolute atomic E-state index is 0.0188. The van der Waals surface area contributed by atoms with Crippen LogP contribution in [-0.4, -0.2) is 43.7 Å². The highest BCUT2D eigenvalue weighted by Crippen LogP contribution is 2.34. The van der Waals surface area contributed by atoms with E-state index in [9.17, 15) is 25.8 Å². The fourth-order valence-electron chi connectivity index (χ4n) is 3.45. The molecule has 0 saturated heterocycles. The number of hydrogen-bond donors (Lipinski definition) is 0. The van der Waals surface area contributed by atoms with Crippen LogP contribution in [0.5, 0.6) is 0 Å². The molecule has 0 aliphatic rings. The molecule has 3 heterocycles. The first-order valence-electron chi connectivity index (χ1n) is 9.92. The van der Waals surface area contributed by atoms with Gasteiger partial charge in [-0.3, -0.25) is 4.21 Å². The van der Waals surface area contributed by atoms with Crippen molar-refractivity contribution in [2.24, 2.45) is 7.05 Å². The molecule has 0 N–H and O–H groups in total. The molecule has 0 saturated carbocycles. The highest BCUT2D eigenvalue weighted by Gasteiger charge is 2.33. The lowest BCUT2D eigenvalue weighted by atomic mass is 10.2. The summed E-state index contributed by atoms with van der Waals surface area (Å²) in [6.45, 7) is 3.26. The topological polar surface area (TPSA) is 94.8 Å². The summed E-state index contributed by atoms with van der Waals surface area (Å²) in [4.78, 5) is 12.7. The van der Waals surface area contributed by atoms with Gasteiger partial charge in [-0.25, -0.2) is 23.4 Å². The summed E-state index contributed by atoms with van der Waals surface area (Å²) in [5, 5.41) is 0.491. The number of rotatable bonds is 5. The van der Waals surface area contributed by atoms with Crippen molar-refractivity contribution in [2.45, 2.75) is 29.8 Å². The summed E-state index contributed by atoms with van der Waals surface area (Å²) in [5.74, 6) is 0.295. The van der Waals surface area contributed by atoms with Crippen molar-refractivity contribution in [1.82, 2.24) is 19.5 Å². The molecule has 1 atom stereocenters. The van der Waals surface area contributed by atoms with E-state index in [-0.39, 0.29) is 27.7 Å². The fraction of sp³-hybridized carbons (Fsp3) is 0.286. The van der Waals surface area contributed by atoms with Gasteiger partial charge in [-0.05, 0) is 30.3 Å². The number of nitrogens with zero attached hydrogens (tertiary/aromatic N) is 4. The van der Waals surface area contributed by atoms with Crippen LogP contribution < -0.4 is 0 Å². The SMILES string of the molecule is CCS(=O)c1ccc2nc(-c3nc4cc(C(F)(F)F)ncc4n3C)c(S(=O)(=O)CC)cc2c1. The lowest BCUT2D eigenvalue weighted by molar-refractivity contribution is -0.141. The van der Waals surface area contributed by atoms with Gasteiger partial charge in [-0.2, -0.15) is 13.2 Å². The Labute approximate surface area is 190 Å². The van der Waals surface area contributed by atoms with Crippen LogP contribution >= 0.6 is 0 Å². The average Bonchev–Trinajstić information content (AvgIpc) is 3.12. The van der Waals surface area contributed by atoms with E-state index in [1.165, 1.54) is 17.6 Å². The number of hydrogen-bond acceptors (Lipinski definition) is 6.